The van der Waals surface area contributed by atoms with Crippen LogP contribution in [0.2, 0.25) is 0 Å². The second-order valence-electron chi connectivity index (χ2n) is 9.01. The van der Waals surface area contributed by atoms with Gasteiger partial charge in [0.25, 0.3) is 5.91 Å². The summed E-state index contributed by atoms with van der Waals surface area (Å²) in [6, 6.07) is 8.70. The van der Waals surface area contributed by atoms with Crippen LogP contribution in [-0.4, -0.2) is 31.7 Å². The Bertz CT molecular complexity index is 1340. The Morgan fingerprint density at radius 3 is 2.41 bits per heavy atom. The normalized spacial score (nSPS) is 19.9. The standard InChI is InChI=1S/C24H25F3N2O4S/c1-14-9-15(2)13-29(12-14)34(31,32)19-7-8-21-20(11-19)16(3)22(33-21)23(30)28-18-6-4-5-17(10-18)24(25,26)27/h4-8,10-11,14-15H,9,12-13H2,1-3H3,(H,28,30)/t14-,15+. The number of anilines is 1. The highest BCUT2D eigenvalue weighted by Crippen LogP contribution is 2.33. The van der Waals surface area contributed by atoms with Gasteiger partial charge in [-0.2, -0.15) is 17.5 Å². The number of nitrogens with one attached hydrogen (secondary N) is 1. The fourth-order valence-electron chi connectivity index (χ4n) is 4.49. The van der Waals surface area contributed by atoms with Gasteiger partial charge < -0.3 is 9.73 Å². The molecule has 1 aliphatic rings. The van der Waals surface area contributed by atoms with E-state index in [4.69, 9.17) is 4.42 Å². The lowest BCUT2D eigenvalue weighted by atomic mass is 9.94. The minimum atomic E-state index is -4.54. The molecule has 1 amide bonds. The number of hydrogen-bond acceptors (Lipinski definition) is 4. The molecular weight excluding hydrogens is 469 g/mol. The zero-order chi connectivity index (χ0) is 24.8. The van der Waals surface area contributed by atoms with Gasteiger partial charge in [0, 0.05) is 29.7 Å². The number of carbonyl (C=O) groups is 1. The third-order valence-corrected chi connectivity index (χ3v) is 7.86. The lowest BCUT2D eigenvalue weighted by Crippen LogP contribution is -2.42. The van der Waals surface area contributed by atoms with Crippen molar-refractivity contribution in [3.8, 4) is 0 Å². The Kier molecular flexibility index (Phi) is 6.24. The van der Waals surface area contributed by atoms with Gasteiger partial charge >= 0.3 is 6.18 Å². The molecule has 0 saturated carbocycles. The average molecular weight is 495 g/mol. The van der Waals surface area contributed by atoms with E-state index in [2.05, 4.69) is 5.32 Å². The third-order valence-electron chi connectivity index (χ3n) is 6.03. The number of alkyl halides is 3. The van der Waals surface area contributed by atoms with Crippen LogP contribution in [-0.2, 0) is 16.2 Å². The van der Waals surface area contributed by atoms with Crippen molar-refractivity contribution in [2.75, 3.05) is 18.4 Å². The number of sulfonamides is 1. The van der Waals surface area contributed by atoms with Crippen LogP contribution in [0.3, 0.4) is 0 Å². The number of benzene rings is 2. The Labute approximate surface area is 195 Å². The van der Waals surface area contributed by atoms with E-state index in [0.717, 1.165) is 18.6 Å². The van der Waals surface area contributed by atoms with Crippen LogP contribution < -0.4 is 5.32 Å². The molecule has 0 bridgehead atoms. The largest absolute Gasteiger partial charge is 0.451 e. The van der Waals surface area contributed by atoms with Crippen LogP contribution in [0.25, 0.3) is 11.0 Å². The lowest BCUT2D eigenvalue weighted by molar-refractivity contribution is -0.137. The Balaban J connectivity index is 1.63. The number of fused-ring (bicyclic) bond motifs is 1. The highest BCUT2D eigenvalue weighted by Gasteiger charge is 2.33. The molecule has 1 saturated heterocycles. The maximum Gasteiger partial charge on any atom is 0.416 e. The minimum Gasteiger partial charge on any atom is -0.451 e. The van der Waals surface area contributed by atoms with Crippen molar-refractivity contribution in [3.63, 3.8) is 0 Å². The monoisotopic (exact) mass is 494 g/mol. The molecule has 0 aliphatic carbocycles. The molecule has 6 nitrogen and oxygen atoms in total. The van der Waals surface area contributed by atoms with Crippen molar-refractivity contribution in [1.29, 1.82) is 0 Å². The third kappa shape index (κ3) is 4.69. The molecule has 34 heavy (non-hydrogen) atoms. The first-order valence-corrected chi connectivity index (χ1v) is 12.3. The van der Waals surface area contributed by atoms with Gasteiger partial charge in [0.2, 0.25) is 10.0 Å². The number of carbonyl (C=O) groups excluding carboxylic acids is 1. The highest BCUT2D eigenvalue weighted by atomic mass is 32.2. The second kappa shape index (κ2) is 8.74. The smallest absolute Gasteiger partial charge is 0.416 e. The molecule has 1 fully saturated rings. The molecule has 10 heteroatoms. The van der Waals surface area contributed by atoms with E-state index >= 15 is 0 Å². The van der Waals surface area contributed by atoms with Crippen molar-refractivity contribution in [2.45, 2.75) is 38.3 Å². The average Bonchev–Trinajstić information content (AvgIpc) is 3.09. The molecular formula is C24H25F3N2O4S. The van der Waals surface area contributed by atoms with E-state index in [0.29, 0.717) is 29.6 Å². The fourth-order valence-corrected chi connectivity index (χ4v) is 6.20. The number of aryl methyl sites for hydroxylation is 1. The predicted molar refractivity (Wildman–Crippen MR) is 122 cm³/mol. The number of amides is 1. The number of hydrogen-bond donors (Lipinski definition) is 1. The van der Waals surface area contributed by atoms with Gasteiger partial charge in [-0.05, 0) is 61.6 Å². The molecule has 2 atom stereocenters. The van der Waals surface area contributed by atoms with E-state index in [1.54, 1.807) is 6.92 Å². The molecule has 2 aromatic carbocycles. The number of halogens is 3. The number of furan rings is 1. The van der Waals surface area contributed by atoms with Crippen molar-refractivity contribution in [3.05, 3.63) is 59.4 Å². The van der Waals surface area contributed by atoms with Crippen LogP contribution in [0.15, 0.2) is 51.8 Å². The summed E-state index contributed by atoms with van der Waals surface area (Å²) in [5.74, 6) is -0.314. The number of piperidine rings is 1. The SMILES string of the molecule is Cc1c(C(=O)Nc2cccc(C(F)(F)F)c2)oc2ccc(S(=O)(=O)N3C[C@H](C)C[C@H](C)C3)cc12. The Morgan fingerprint density at radius 1 is 1.09 bits per heavy atom. The van der Waals surface area contributed by atoms with Crippen molar-refractivity contribution in [2.24, 2.45) is 11.8 Å². The van der Waals surface area contributed by atoms with Crippen LogP contribution in [0.5, 0.6) is 0 Å². The summed E-state index contributed by atoms with van der Waals surface area (Å²) in [6.07, 6.45) is -3.57. The van der Waals surface area contributed by atoms with Gasteiger partial charge in [0.15, 0.2) is 5.76 Å². The van der Waals surface area contributed by atoms with E-state index in [-0.39, 0.29) is 28.2 Å². The summed E-state index contributed by atoms with van der Waals surface area (Å²) >= 11 is 0. The molecule has 1 aliphatic heterocycles. The summed E-state index contributed by atoms with van der Waals surface area (Å²) < 4.78 is 72.5. The van der Waals surface area contributed by atoms with E-state index in [1.165, 1.54) is 34.6 Å². The fraction of sp³-hybridized carbons (Fsp3) is 0.375. The molecule has 0 radical (unpaired) electrons. The predicted octanol–water partition coefficient (Wildman–Crippen LogP) is 5.68. The summed E-state index contributed by atoms with van der Waals surface area (Å²) in [7, 11) is -3.73. The van der Waals surface area contributed by atoms with Gasteiger partial charge in [-0.3, -0.25) is 4.79 Å². The summed E-state index contributed by atoms with van der Waals surface area (Å²) in [5, 5.41) is 2.87. The molecule has 4 rings (SSSR count). The molecule has 0 spiro atoms. The summed E-state index contributed by atoms with van der Waals surface area (Å²) in [4.78, 5) is 12.9. The maximum absolute atomic E-state index is 13.3. The maximum atomic E-state index is 13.3. The summed E-state index contributed by atoms with van der Waals surface area (Å²) in [6.45, 7) is 6.54. The Hall–Kier alpha value is -2.85. The zero-order valence-corrected chi connectivity index (χ0v) is 19.8. The number of rotatable bonds is 4. The van der Waals surface area contributed by atoms with Crippen molar-refractivity contribution < 1.29 is 30.8 Å². The van der Waals surface area contributed by atoms with E-state index < -0.39 is 27.7 Å². The van der Waals surface area contributed by atoms with Gasteiger partial charge in [0.05, 0.1) is 10.5 Å². The topological polar surface area (TPSA) is 79.6 Å². The minimum absolute atomic E-state index is 0.0312. The summed E-state index contributed by atoms with van der Waals surface area (Å²) in [5.41, 5.74) is -0.206. The first kappa shape index (κ1) is 24.3. The molecule has 2 heterocycles. The molecule has 1 aromatic heterocycles. The molecule has 1 N–H and O–H groups in total. The molecule has 182 valence electrons. The van der Waals surface area contributed by atoms with E-state index in [1.807, 2.05) is 13.8 Å². The lowest BCUT2D eigenvalue weighted by Gasteiger charge is -2.34. The van der Waals surface area contributed by atoms with Crippen molar-refractivity contribution in [1.82, 2.24) is 4.31 Å². The first-order valence-electron chi connectivity index (χ1n) is 10.9. The van der Waals surface area contributed by atoms with Crippen molar-refractivity contribution >= 4 is 32.6 Å². The van der Waals surface area contributed by atoms with Gasteiger partial charge in [-0.25, -0.2) is 8.42 Å². The van der Waals surface area contributed by atoms with Gasteiger partial charge in [-0.15, -0.1) is 0 Å². The molecule has 3 aromatic rings. The second-order valence-corrected chi connectivity index (χ2v) is 11.0. The van der Waals surface area contributed by atoms with Crippen LogP contribution in [0.4, 0.5) is 18.9 Å². The first-order chi connectivity index (χ1) is 15.9. The van der Waals surface area contributed by atoms with E-state index in [9.17, 15) is 26.4 Å². The highest BCUT2D eigenvalue weighted by molar-refractivity contribution is 7.89. The van der Waals surface area contributed by atoms with Gasteiger partial charge in [-0.1, -0.05) is 19.9 Å². The van der Waals surface area contributed by atoms with Gasteiger partial charge in [0.1, 0.15) is 5.58 Å². The Morgan fingerprint density at radius 2 is 1.76 bits per heavy atom. The zero-order valence-electron chi connectivity index (χ0n) is 18.9. The van der Waals surface area contributed by atoms with Crippen LogP contribution in [0.1, 0.15) is 41.9 Å². The van der Waals surface area contributed by atoms with Crippen LogP contribution >= 0.6 is 0 Å². The molecule has 0 unspecified atom stereocenters. The van der Waals surface area contributed by atoms with Crippen LogP contribution in [0, 0.1) is 18.8 Å². The quantitative estimate of drug-likeness (QED) is 0.506. The number of nitrogens with zero attached hydrogens (tertiary/aromatic N) is 1.